The first-order chi connectivity index (χ1) is 9.58. The molecule has 0 saturated carbocycles. The molecule has 0 heterocycles. The molecular formula is C15H16BNO3. The van der Waals surface area contributed by atoms with Crippen LogP contribution in [-0.4, -0.2) is 23.1 Å². The predicted molar refractivity (Wildman–Crippen MR) is 78.6 cm³/mol. The summed E-state index contributed by atoms with van der Waals surface area (Å²) in [5.74, 6) is -0.324. The van der Waals surface area contributed by atoms with Crippen molar-refractivity contribution in [3.63, 3.8) is 0 Å². The van der Waals surface area contributed by atoms with Gasteiger partial charge in [0.2, 0.25) is 0 Å². The Morgan fingerprint density at radius 3 is 2.60 bits per heavy atom. The van der Waals surface area contributed by atoms with Crippen LogP contribution in [0, 0.1) is 6.92 Å². The molecule has 4 nitrogen and oxygen atoms in total. The predicted octanol–water partition coefficient (Wildman–Crippen LogP) is 0.605. The number of hydrogen-bond donors (Lipinski definition) is 3. The second-order valence-electron chi connectivity index (χ2n) is 4.63. The van der Waals surface area contributed by atoms with Gasteiger partial charge in [-0.25, -0.2) is 0 Å². The maximum absolute atomic E-state index is 12.1. The van der Waals surface area contributed by atoms with Gasteiger partial charge in [0, 0.05) is 12.1 Å². The standard InChI is InChI=1S/C15H16BNO3/c1-11-5-4-6-12(9-11)10-17-15(18)13-7-2-3-8-14(13)16(19)20/h2-9,19-20H,10H2,1H3,(H,17,18). The van der Waals surface area contributed by atoms with Crippen LogP contribution >= 0.6 is 0 Å². The lowest BCUT2D eigenvalue weighted by atomic mass is 9.77. The quantitative estimate of drug-likeness (QED) is 0.712. The zero-order valence-electron chi connectivity index (χ0n) is 11.2. The molecule has 2 aromatic carbocycles. The molecule has 2 rings (SSSR count). The fourth-order valence-corrected chi connectivity index (χ4v) is 2.03. The van der Waals surface area contributed by atoms with Crippen LogP contribution in [0.25, 0.3) is 0 Å². The zero-order chi connectivity index (χ0) is 14.5. The summed E-state index contributed by atoms with van der Waals surface area (Å²) < 4.78 is 0. The maximum atomic E-state index is 12.1. The molecule has 0 aliphatic rings. The van der Waals surface area contributed by atoms with Crippen LogP contribution in [0.2, 0.25) is 0 Å². The third-order valence-corrected chi connectivity index (χ3v) is 3.02. The summed E-state index contributed by atoms with van der Waals surface area (Å²) in [6.45, 7) is 2.39. The monoisotopic (exact) mass is 269 g/mol. The number of rotatable bonds is 4. The lowest BCUT2D eigenvalue weighted by Gasteiger charge is -2.10. The minimum atomic E-state index is -1.66. The van der Waals surface area contributed by atoms with Gasteiger partial charge in [0.15, 0.2) is 0 Å². The van der Waals surface area contributed by atoms with Crippen molar-refractivity contribution in [2.75, 3.05) is 0 Å². The van der Waals surface area contributed by atoms with E-state index in [1.165, 1.54) is 6.07 Å². The van der Waals surface area contributed by atoms with E-state index in [2.05, 4.69) is 5.32 Å². The van der Waals surface area contributed by atoms with E-state index in [9.17, 15) is 14.8 Å². The first-order valence-corrected chi connectivity index (χ1v) is 6.37. The van der Waals surface area contributed by atoms with E-state index < -0.39 is 7.12 Å². The average molecular weight is 269 g/mol. The third kappa shape index (κ3) is 3.47. The molecule has 3 N–H and O–H groups in total. The molecule has 0 aliphatic heterocycles. The number of benzene rings is 2. The summed E-state index contributed by atoms with van der Waals surface area (Å²) in [6.07, 6.45) is 0. The molecule has 20 heavy (non-hydrogen) atoms. The SMILES string of the molecule is Cc1cccc(CNC(=O)c2ccccc2B(O)O)c1. The normalized spacial score (nSPS) is 10.2. The van der Waals surface area contributed by atoms with E-state index in [0.29, 0.717) is 6.54 Å². The van der Waals surface area contributed by atoms with Gasteiger partial charge in [0.25, 0.3) is 5.91 Å². The van der Waals surface area contributed by atoms with Crippen molar-refractivity contribution in [1.82, 2.24) is 5.32 Å². The fourth-order valence-electron chi connectivity index (χ4n) is 2.03. The molecule has 102 valence electrons. The van der Waals surface area contributed by atoms with Gasteiger partial charge in [-0.05, 0) is 24.0 Å². The molecule has 0 radical (unpaired) electrons. The van der Waals surface area contributed by atoms with Crippen molar-refractivity contribution in [3.05, 3.63) is 65.2 Å². The summed E-state index contributed by atoms with van der Waals surface area (Å²) in [6, 6.07) is 14.3. The second kappa shape index (κ2) is 6.37. The molecule has 0 atom stereocenters. The molecule has 5 heteroatoms. The topological polar surface area (TPSA) is 69.6 Å². The van der Waals surface area contributed by atoms with Gasteiger partial charge >= 0.3 is 7.12 Å². The van der Waals surface area contributed by atoms with Gasteiger partial charge in [0.05, 0.1) is 0 Å². The Hall–Kier alpha value is -2.11. The lowest BCUT2D eigenvalue weighted by molar-refractivity contribution is 0.0951. The highest BCUT2D eigenvalue weighted by atomic mass is 16.4. The first-order valence-electron chi connectivity index (χ1n) is 6.37. The van der Waals surface area contributed by atoms with Crippen molar-refractivity contribution in [3.8, 4) is 0 Å². The maximum Gasteiger partial charge on any atom is 0.489 e. The Bertz CT molecular complexity index is 614. The highest BCUT2D eigenvalue weighted by Gasteiger charge is 2.19. The van der Waals surface area contributed by atoms with E-state index in [0.717, 1.165) is 11.1 Å². The summed E-state index contributed by atoms with van der Waals surface area (Å²) in [7, 11) is -1.66. The van der Waals surface area contributed by atoms with Gasteiger partial charge in [0.1, 0.15) is 0 Å². The molecule has 0 bridgehead atoms. The molecule has 0 aliphatic carbocycles. The van der Waals surface area contributed by atoms with Crippen LogP contribution < -0.4 is 10.8 Å². The number of aryl methyl sites for hydroxylation is 1. The Kier molecular flexibility index (Phi) is 4.55. The lowest BCUT2D eigenvalue weighted by Crippen LogP contribution is -2.37. The number of carbonyl (C=O) groups is 1. The number of carbonyl (C=O) groups excluding carboxylic acids is 1. The molecule has 0 spiro atoms. The minimum absolute atomic E-state index is 0.203. The van der Waals surface area contributed by atoms with Gasteiger partial charge in [-0.2, -0.15) is 0 Å². The van der Waals surface area contributed by atoms with Crippen molar-refractivity contribution in [1.29, 1.82) is 0 Å². The molecule has 0 unspecified atom stereocenters. The zero-order valence-corrected chi connectivity index (χ0v) is 11.2. The van der Waals surface area contributed by atoms with Crippen molar-refractivity contribution in [2.45, 2.75) is 13.5 Å². The number of nitrogens with one attached hydrogen (secondary N) is 1. The molecule has 0 saturated heterocycles. The molecule has 0 fully saturated rings. The van der Waals surface area contributed by atoms with Gasteiger partial charge in [-0.1, -0.05) is 48.0 Å². The van der Waals surface area contributed by atoms with E-state index in [1.807, 2.05) is 31.2 Å². The summed E-state index contributed by atoms with van der Waals surface area (Å²) in [5, 5.41) is 21.3. The molecular weight excluding hydrogens is 253 g/mol. The molecule has 2 aromatic rings. The van der Waals surface area contributed by atoms with Crippen LogP contribution in [0.4, 0.5) is 0 Å². The Morgan fingerprint density at radius 1 is 1.15 bits per heavy atom. The fraction of sp³-hybridized carbons (Fsp3) is 0.133. The summed E-state index contributed by atoms with van der Waals surface area (Å²) in [4.78, 5) is 12.1. The smallest absolute Gasteiger partial charge is 0.423 e. The second-order valence-corrected chi connectivity index (χ2v) is 4.63. The van der Waals surface area contributed by atoms with E-state index in [1.54, 1.807) is 18.2 Å². The summed E-state index contributed by atoms with van der Waals surface area (Å²) in [5.41, 5.74) is 2.60. The summed E-state index contributed by atoms with van der Waals surface area (Å²) >= 11 is 0. The van der Waals surface area contributed by atoms with E-state index in [-0.39, 0.29) is 16.9 Å². The van der Waals surface area contributed by atoms with Crippen LogP contribution in [0.15, 0.2) is 48.5 Å². The minimum Gasteiger partial charge on any atom is -0.423 e. The van der Waals surface area contributed by atoms with Gasteiger partial charge in [-0.15, -0.1) is 0 Å². The van der Waals surface area contributed by atoms with E-state index >= 15 is 0 Å². The highest BCUT2D eigenvalue weighted by molar-refractivity contribution is 6.60. The largest absolute Gasteiger partial charge is 0.489 e. The first kappa shape index (κ1) is 14.3. The Balaban J connectivity index is 2.09. The van der Waals surface area contributed by atoms with Gasteiger partial charge in [-0.3, -0.25) is 4.79 Å². The third-order valence-electron chi connectivity index (χ3n) is 3.02. The van der Waals surface area contributed by atoms with Crippen LogP contribution in [-0.2, 0) is 6.54 Å². The number of hydrogen-bond acceptors (Lipinski definition) is 3. The molecule has 1 amide bonds. The molecule has 0 aromatic heterocycles. The van der Waals surface area contributed by atoms with Crippen molar-refractivity contribution >= 4 is 18.5 Å². The van der Waals surface area contributed by atoms with Crippen LogP contribution in [0.1, 0.15) is 21.5 Å². The van der Waals surface area contributed by atoms with Crippen LogP contribution in [0.3, 0.4) is 0 Å². The van der Waals surface area contributed by atoms with Crippen LogP contribution in [0.5, 0.6) is 0 Å². The highest BCUT2D eigenvalue weighted by Crippen LogP contribution is 2.04. The average Bonchev–Trinajstić information content (AvgIpc) is 2.45. The van der Waals surface area contributed by atoms with E-state index in [4.69, 9.17) is 0 Å². The Morgan fingerprint density at radius 2 is 1.90 bits per heavy atom. The van der Waals surface area contributed by atoms with Crippen molar-refractivity contribution < 1.29 is 14.8 Å². The number of amides is 1. The van der Waals surface area contributed by atoms with Gasteiger partial charge < -0.3 is 15.4 Å². The Labute approximate surface area is 118 Å². The van der Waals surface area contributed by atoms with Crippen molar-refractivity contribution in [2.24, 2.45) is 0 Å².